The molecule has 0 aliphatic heterocycles. The van der Waals surface area contributed by atoms with Crippen LogP contribution in [0.5, 0.6) is 5.75 Å². The molecule has 1 aromatic heterocycles. The lowest BCUT2D eigenvalue weighted by atomic mass is 10.0. The Bertz CT molecular complexity index is 1580. The highest BCUT2D eigenvalue weighted by Crippen LogP contribution is 2.44. The summed E-state index contributed by atoms with van der Waals surface area (Å²) >= 11 is 2.85. The van der Waals surface area contributed by atoms with Gasteiger partial charge in [0.05, 0.1) is 25.7 Å². The minimum atomic E-state index is -3.82. The lowest BCUT2D eigenvalue weighted by Crippen LogP contribution is -2.13. The van der Waals surface area contributed by atoms with Gasteiger partial charge in [-0.05, 0) is 41.8 Å². The predicted molar refractivity (Wildman–Crippen MR) is 141 cm³/mol. The summed E-state index contributed by atoms with van der Waals surface area (Å²) in [6.45, 7) is 4.13. The molecule has 1 heterocycles. The summed E-state index contributed by atoms with van der Waals surface area (Å²) in [5.41, 5.74) is 2.37. The van der Waals surface area contributed by atoms with Crippen molar-refractivity contribution in [1.29, 1.82) is 0 Å². The van der Waals surface area contributed by atoms with Crippen molar-refractivity contribution >= 4 is 59.8 Å². The average Bonchev–Trinajstić information content (AvgIpc) is 3.24. The second-order valence-corrected chi connectivity index (χ2v) is 12.2. The van der Waals surface area contributed by atoms with Crippen LogP contribution in [0, 0.1) is 0 Å². The molecule has 0 saturated heterocycles. The highest BCUT2D eigenvalue weighted by atomic mass is 32.2. The number of fused-ring (bicyclic) bond motifs is 2. The van der Waals surface area contributed by atoms with E-state index in [1.807, 2.05) is 48.5 Å². The zero-order chi connectivity index (χ0) is 23.9. The molecule has 0 fully saturated rings. The standard InChI is InChI=1S/C26H22N2O3S3/c1-16(2)17-11-13-18(14-12-17)34(30,31)28-22-15-24(25(29)20-8-4-3-7-19(20)22)33-26-27-21-9-5-6-10-23(21)32-26/h3-16,28-29H,1-2H3. The number of aromatic nitrogens is 1. The number of nitrogens with zero attached hydrogens (tertiary/aromatic N) is 1. The van der Waals surface area contributed by atoms with Gasteiger partial charge < -0.3 is 5.11 Å². The number of hydrogen-bond acceptors (Lipinski definition) is 6. The first kappa shape index (κ1) is 22.7. The average molecular weight is 507 g/mol. The van der Waals surface area contributed by atoms with Gasteiger partial charge in [0, 0.05) is 10.8 Å². The third kappa shape index (κ3) is 4.36. The molecule has 4 aromatic carbocycles. The number of anilines is 1. The largest absolute Gasteiger partial charge is 0.506 e. The molecule has 0 radical (unpaired) electrons. The molecule has 8 heteroatoms. The van der Waals surface area contributed by atoms with Gasteiger partial charge >= 0.3 is 0 Å². The second-order valence-electron chi connectivity index (χ2n) is 8.20. The van der Waals surface area contributed by atoms with Crippen molar-refractivity contribution < 1.29 is 13.5 Å². The Morgan fingerprint density at radius 3 is 2.32 bits per heavy atom. The first-order valence-electron chi connectivity index (χ1n) is 10.7. The van der Waals surface area contributed by atoms with Crippen LogP contribution in [0.1, 0.15) is 25.3 Å². The quantitative estimate of drug-likeness (QED) is 0.238. The van der Waals surface area contributed by atoms with Crippen molar-refractivity contribution in [2.75, 3.05) is 4.72 Å². The zero-order valence-electron chi connectivity index (χ0n) is 18.5. The fraction of sp³-hybridized carbons (Fsp3) is 0.115. The summed E-state index contributed by atoms with van der Waals surface area (Å²) in [6, 6.07) is 23.6. The van der Waals surface area contributed by atoms with Crippen LogP contribution in [0.2, 0.25) is 0 Å². The molecule has 172 valence electrons. The first-order valence-corrected chi connectivity index (χ1v) is 13.8. The van der Waals surface area contributed by atoms with Crippen molar-refractivity contribution in [3.8, 4) is 5.75 Å². The zero-order valence-corrected chi connectivity index (χ0v) is 21.0. The van der Waals surface area contributed by atoms with Gasteiger partial charge in [0.1, 0.15) is 5.75 Å². The number of phenols is 1. The van der Waals surface area contributed by atoms with Crippen molar-refractivity contribution in [2.45, 2.75) is 33.9 Å². The molecule has 0 spiro atoms. The molecular formula is C26H22N2O3S3. The van der Waals surface area contributed by atoms with Gasteiger partial charge in [-0.25, -0.2) is 13.4 Å². The Labute approximate surface area is 206 Å². The van der Waals surface area contributed by atoms with Crippen LogP contribution in [0.25, 0.3) is 21.0 Å². The van der Waals surface area contributed by atoms with E-state index in [4.69, 9.17) is 0 Å². The molecule has 2 N–H and O–H groups in total. The van der Waals surface area contributed by atoms with E-state index in [0.717, 1.165) is 20.1 Å². The van der Waals surface area contributed by atoms with Crippen molar-refractivity contribution in [3.05, 3.63) is 84.4 Å². The molecule has 34 heavy (non-hydrogen) atoms. The number of benzene rings is 4. The Morgan fingerprint density at radius 1 is 0.941 bits per heavy atom. The van der Waals surface area contributed by atoms with E-state index in [1.54, 1.807) is 30.3 Å². The number of sulfonamides is 1. The molecule has 5 aromatic rings. The molecule has 0 atom stereocenters. The number of hydrogen-bond donors (Lipinski definition) is 2. The minimum Gasteiger partial charge on any atom is -0.506 e. The van der Waals surface area contributed by atoms with Gasteiger partial charge in [-0.15, -0.1) is 11.3 Å². The summed E-state index contributed by atoms with van der Waals surface area (Å²) in [5, 5.41) is 12.2. The van der Waals surface area contributed by atoms with Crippen LogP contribution >= 0.6 is 23.1 Å². The number of para-hydroxylation sites is 1. The monoisotopic (exact) mass is 506 g/mol. The van der Waals surface area contributed by atoms with E-state index in [9.17, 15) is 13.5 Å². The highest BCUT2D eigenvalue weighted by Gasteiger charge is 2.20. The van der Waals surface area contributed by atoms with E-state index in [0.29, 0.717) is 27.3 Å². The molecule has 0 aliphatic rings. The fourth-order valence-electron chi connectivity index (χ4n) is 3.72. The molecule has 0 aliphatic carbocycles. The summed E-state index contributed by atoms with van der Waals surface area (Å²) in [7, 11) is -3.82. The second kappa shape index (κ2) is 8.94. The first-order chi connectivity index (χ1) is 16.3. The lowest BCUT2D eigenvalue weighted by Gasteiger charge is -2.15. The van der Waals surface area contributed by atoms with Crippen LogP contribution in [-0.2, 0) is 10.0 Å². The highest BCUT2D eigenvalue weighted by molar-refractivity contribution is 8.01. The smallest absolute Gasteiger partial charge is 0.261 e. The van der Waals surface area contributed by atoms with Gasteiger partial charge in [0.25, 0.3) is 10.0 Å². The third-order valence-electron chi connectivity index (χ3n) is 5.55. The Balaban J connectivity index is 1.55. The molecule has 0 bridgehead atoms. The molecule has 0 unspecified atom stereocenters. The molecular weight excluding hydrogens is 484 g/mol. The van der Waals surface area contributed by atoms with Gasteiger partial charge in [0.15, 0.2) is 4.34 Å². The maximum Gasteiger partial charge on any atom is 0.261 e. The molecule has 0 amide bonds. The lowest BCUT2D eigenvalue weighted by molar-refractivity contribution is 0.469. The van der Waals surface area contributed by atoms with Gasteiger partial charge in [-0.1, -0.05) is 74.1 Å². The van der Waals surface area contributed by atoms with E-state index < -0.39 is 10.0 Å². The van der Waals surface area contributed by atoms with Crippen LogP contribution in [0.4, 0.5) is 5.69 Å². The van der Waals surface area contributed by atoms with Crippen molar-refractivity contribution in [3.63, 3.8) is 0 Å². The Kier molecular flexibility index (Phi) is 5.97. The SMILES string of the molecule is CC(C)c1ccc(S(=O)(=O)Nc2cc(Sc3nc4ccccc4s3)c(O)c3ccccc23)cc1. The Hall–Kier alpha value is -3.07. The maximum absolute atomic E-state index is 13.2. The van der Waals surface area contributed by atoms with Crippen LogP contribution < -0.4 is 4.72 Å². The summed E-state index contributed by atoms with van der Waals surface area (Å²) in [4.78, 5) is 5.36. The minimum absolute atomic E-state index is 0.101. The summed E-state index contributed by atoms with van der Waals surface area (Å²) < 4.78 is 31.0. The predicted octanol–water partition coefficient (Wildman–Crippen LogP) is 7.23. The number of rotatable bonds is 6. The number of phenolic OH excluding ortho intramolecular Hbond substituents is 1. The van der Waals surface area contributed by atoms with Crippen LogP contribution in [0.15, 0.2) is 93.0 Å². The Morgan fingerprint density at radius 2 is 1.62 bits per heavy atom. The van der Waals surface area contributed by atoms with E-state index >= 15 is 0 Å². The summed E-state index contributed by atoms with van der Waals surface area (Å²) in [6.07, 6.45) is 0. The molecule has 5 rings (SSSR count). The normalized spacial score (nSPS) is 12.0. The van der Waals surface area contributed by atoms with Crippen LogP contribution in [0.3, 0.4) is 0 Å². The number of aromatic hydroxyl groups is 1. The van der Waals surface area contributed by atoms with Crippen molar-refractivity contribution in [2.24, 2.45) is 0 Å². The molecule has 5 nitrogen and oxygen atoms in total. The van der Waals surface area contributed by atoms with Crippen LogP contribution in [-0.4, -0.2) is 18.5 Å². The van der Waals surface area contributed by atoms with E-state index in [2.05, 4.69) is 23.6 Å². The van der Waals surface area contributed by atoms with Gasteiger partial charge in [-0.3, -0.25) is 4.72 Å². The summed E-state index contributed by atoms with van der Waals surface area (Å²) in [5.74, 6) is 0.414. The van der Waals surface area contributed by atoms with E-state index in [1.165, 1.54) is 23.1 Å². The topological polar surface area (TPSA) is 79.3 Å². The number of thiazole rings is 1. The van der Waals surface area contributed by atoms with E-state index in [-0.39, 0.29) is 10.6 Å². The number of nitrogens with one attached hydrogen (secondary N) is 1. The van der Waals surface area contributed by atoms with Gasteiger partial charge in [0.2, 0.25) is 0 Å². The fourth-order valence-corrected chi connectivity index (χ4v) is 6.91. The maximum atomic E-state index is 13.2. The van der Waals surface area contributed by atoms with Crippen molar-refractivity contribution in [1.82, 2.24) is 4.98 Å². The molecule has 0 saturated carbocycles. The third-order valence-corrected chi connectivity index (χ3v) is 9.06. The van der Waals surface area contributed by atoms with Gasteiger partial charge in [-0.2, -0.15) is 0 Å².